The predicted octanol–water partition coefficient (Wildman–Crippen LogP) is 3.55. The van der Waals surface area contributed by atoms with Gasteiger partial charge in [0.25, 0.3) is 0 Å². The SMILES string of the molecule is CC(C)CCC[C@@H](C)NC(=O)[C@@H]1CC(=O)N(CCc2ccc(F)cc2)C1. The molecule has 0 unspecified atom stereocenters. The number of halogens is 1. The molecule has 1 heterocycles. The van der Waals surface area contributed by atoms with Crippen LogP contribution in [0.3, 0.4) is 0 Å². The molecule has 2 atom stereocenters. The zero-order valence-electron chi connectivity index (χ0n) is 16.1. The Bertz CT molecular complexity index is 601. The lowest BCUT2D eigenvalue weighted by Crippen LogP contribution is -2.38. The third-order valence-corrected chi connectivity index (χ3v) is 4.98. The molecule has 1 saturated heterocycles. The minimum atomic E-state index is -0.261. The van der Waals surface area contributed by atoms with Gasteiger partial charge in [0, 0.05) is 25.6 Å². The fraction of sp³-hybridized carbons (Fsp3) is 0.619. The summed E-state index contributed by atoms with van der Waals surface area (Å²) in [5.74, 6) is 0.174. The zero-order valence-corrected chi connectivity index (χ0v) is 16.1. The van der Waals surface area contributed by atoms with Gasteiger partial charge in [-0.05, 0) is 43.4 Å². The molecule has 1 aliphatic rings. The van der Waals surface area contributed by atoms with Crippen molar-refractivity contribution < 1.29 is 14.0 Å². The first kappa shape index (κ1) is 20.4. The Kier molecular flexibility index (Phi) is 7.61. The Hall–Kier alpha value is -1.91. The second-order valence-electron chi connectivity index (χ2n) is 7.85. The maximum Gasteiger partial charge on any atom is 0.225 e. The number of hydrogen-bond donors (Lipinski definition) is 1. The number of nitrogens with one attached hydrogen (secondary N) is 1. The molecule has 26 heavy (non-hydrogen) atoms. The normalized spacial score (nSPS) is 18.4. The van der Waals surface area contributed by atoms with E-state index in [2.05, 4.69) is 19.2 Å². The van der Waals surface area contributed by atoms with E-state index in [4.69, 9.17) is 0 Å². The van der Waals surface area contributed by atoms with Crippen molar-refractivity contribution in [1.29, 1.82) is 0 Å². The largest absolute Gasteiger partial charge is 0.353 e. The van der Waals surface area contributed by atoms with Gasteiger partial charge in [0.15, 0.2) is 0 Å². The Morgan fingerprint density at radius 2 is 1.92 bits per heavy atom. The Labute approximate surface area is 156 Å². The maximum atomic E-state index is 12.9. The molecule has 1 fully saturated rings. The van der Waals surface area contributed by atoms with Crippen molar-refractivity contribution >= 4 is 11.8 Å². The summed E-state index contributed by atoms with van der Waals surface area (Å²) in [6, 6.07) is 6.47. The molecule has 2 amide bonds. The molecule has 4 nitrogen and oxygen atoms in total. The van der Waals surface area contributed by atoms with Gasteiger partial charge in [-0.1, -0.05) is 38.8 Å². The van der Waals surface area contributed by atoms with Crippen LogP contribution in [0.25, 0.3) is 0 Å². The zero-order chi connectivity index (χ0) is 19.1. The minimum absolute atomic E-state index is 0.0142. The van der Waals surface area contributed by atoms with Crippen molar-refractivity contribution in [2.24, 2.45) is 11.8 Å². The van der Waals surface area contributed by atoms with Crippen LogP contribution in [0.5, 0.6) is 0 Å². The first-order valence-electron chi connectivity index (χ1n) is 9.67. The molecule has 0 aromatic heterocycles. The molecule has 1 N–H and O–H groups in total. The lowest BCUT2D eigenvalue weighted by Gasteiger charge is -2.19. The molecule has 144 valence electrons. The summed E-state index contributed by atoms with van der Waals surface area (Å²) in [7, 11) is 0. The summed E-state index contributed by atoms with van der Waals surface area (Å²) in [6.07, 6.45) is 4.20. The van der Waals surface area contributed by atoms with E-state index in [0.29, 0.717) is 25.4 Å². The molecular weight excluding hydrogens is 331 g/mol. The second kappa shape index (κ2) is 9.70. The van der Waals surface area contributed by atoms with E-state index in [9.17, 15) is 14.0 Å². The van der Waals surface area contributed by atoms with Crippen molar-refractivity contribution in [3.63, 3.8) is 0 Å². The second-order valence-corrected chi connectivity index (χ2v) is 7.85. The fourth-order valence-corrected chi connectivity index (χ4v) is 3.34. The fourth-order valence-electron chi connectivity index (χ4n) is 3.34. The summed E-state index contributed by atoms with van der Waals surface area (Å²) in [4.78, 5) is 26.4. The van der Waals surface area contributed by atoms with Crippen LogP contribution in [0.15, 0.2) is 24.3 Å². The molecule has 0 saturated carbocycles. The van der Waals surface area contributed by atoms with E-state index in [-0.39, 0.29) is 36.0 Å². The van der Waals surface area contributed by atoms with Crippen LogP contribution < -0.4 is 5.32 Å². The highest BCUT2D eigenvalue weighted by Crippen LogP contribution is 2.19. The third kappa shape index (κ3) is 6.43. The Morgan fingerprint density at radius 1 is 1.23 bits per heavy atom. The summed E-state index contributed by atoms with van der Waals surface area (Å²) in [6.45, 7) is 7.48. The van der Waals surface area contributed by atoms with Gasteiger partial charge in [0.05, 0.1) is 5.92 Å². The first-order chi connectivity index (χ1) is 12.3. The number of hydrogen-bond acceptors (Lipinski definition) is 2. The standard InChI is InChI=1S/C21H31FN2O2/c1-15(2)5-4-6-16(3)23-21(26)18-13-20(25)24(14-18)12-11-17-7-9-19(22)10-8-17/h7-10,15-16,18H,4-6,11-14H2,1-3H3,(H,23,26)/t16-,18-/m1/s1. The van der Waals surface area contributed by atoms with E-state index in [1.807, 2.05) is 6.92 Å². The number of benzene rings is 1. The quantitative estimate of drug-likeness (QED) is 0.730. The molecule has 0 bridgehead atoms. The number of amides is 2. The summed E-state index contributed by atoms with van der Waals surface area (Å²) in [5.41, 5.74) is 0.992. The first-order valence-corrected chi connectivity index (χ1v) is 9.67. The number of rotatable bonds is 9. The molecule has 0 radical (unpaired) electrons. The minimum Gasteiger partial charge on any atom is -0.353 e. The lowest BCUT2D eigenvalue weighted by atomic mass is 10.0. The number of carbonyl (C=O) groups excluding carboxylic acids is 2. The highest BCUT2D eigenvalue weighted by molar-refractivity contribution is 5.89. The monoisotopic (exact) mass is 362 g/mol. The Balaban J connectivity index is 1.75. The predicted molar refractivity (Wildman–Crippen MR) is 101 cm³/mol. The van der Waals surface area contributed by atoms with E-state index in [0.717, 1.165) is 18.4 Å². The molecule has 1 aromatic rings. The summed E-state index contributed by atoms with van der Waals surface area (Å²) < 4.78 is 12.9. The molecule has 5 heteroatoms. The summed E-state index contributed by atoms with van der Waals surface area (Å²) >= 11 is 0. The van der Waals surface area contributed by atoms with Crippen LogP contribution in [-0.4, -0.2) is 35.8 Å². The van der Waals surface area contributed by atoms with Crippen LogP contribution in [-0.2, 0) is 16.0 Å². The molecular formula is C21H31FN2O2. The molecule has 1 aromatic carbocycles. The van der Waals surface area contributed by atoms with Crippen molar-refractivity contribution in [2.75, 3.05) is 13.1 Å². The molecule has 1 aliphatic heterocycles. The van der Waals surface area contributed by atoms with E-state index >= 15 is 0 Å². The molecule has 2 rings (SSSR count). The van der Waals surface area contributed by atoms with Gasteiger partial charge in [-0.2, -0.15) is 0 Å². The third-order valence-electron chi connectivity index (χ3n) is 4.98. The van der Waals surface area contributed by atoms with E-state index in [1.165, 1.54) is 18.6 Å². The number of nitrogens with zero attached hydrogens (tertiary/aromatic N) is 1. The number of likely N-dealkylation sites (tertiary alicyclic amines) is 1. The van der Waals surface area contributed by atoms with Crippen LogP contribution in [0, 0.1) is 17.7 Å². The van der Waals surface area contributed by atoms with Crippen molar-refractivity contribution in [1.82, 2.24) is 10.2 Å². The van der Waals surface area contributed by atoms with Crippen molar-refractivity contribution in [2.45, 2.75) is 58.9 Å². The van der Waals surface area contributed by atoms with Gasteiger partial charge in [-0.15, -0.1) is 0 Å². The van der Waals surface area contributed by atoms with Gasteiger partial charge in [-0.25, -0.2) is 4.39 Å². The van der Waals surface area contributed by atoms with E-state index < -0.39 is 0 Å². The lowest BCUT2D eigenvalue weighted by molar-refractivity contribution is -0.129. The van der Waals surface area contributed by atoms with Gasteiger partial charge >= 0.3 is 0 Å². The van der Waals surface area contributed by atoms with Crippen LogP contribution >= 0.6 is 0 Å². The van der Waals surface area contributed by atoms with Crippen LogP contribution in [0.4, 0.5) is 4.39 Å². The van der Waals surface area contributed by atoms with Crippen LogP contribution in [0.1, 0.15) is 52.0 Å². The highest BCUT2D eigenvalue weighted by atomic mass is 19.1. The van der Waals surface area contributed by atoms with Gasteiger partial charge in [-0.3, -0.25) is 9.59 Å². The number of carbonyl (C=O) groups is 2. The molecule has 0 aliphatic carbocycles. The smallest absolute Gasteiger partial charge is 0.225 e. The highest BCUT2D eigenvalue weighted by Gasteiger charge is 2.34. The average molecular weight is 362 g/mol. The Morgan fingerprint density at radius 3 is 2.58 bits per heavy atom. The van der Waals surface area contributed by atoms with Gasteiger partial charge < -0.3 is 10.2 Å². The van der Waals surface area contributed by atoms with Crippen LogP contribution in [0.2, 0.25) is 0 Å². The maximum absolute atomic E-state index is 12.9. The summed E-state index contributed by atoms with van der Waals surface area (Å²) in [5, 5.41) is 3.06. The van der Waals surface area contributed by atoms with Crippen molar-refractivity contribution in [3.05, 3.63) is 35.6 Å². The average Bonchev–Trinajstić information content (AvgIpc) is 2.95. The van der Waals surface area contributed by atoms with E-state index in [1.54, 1.807) is 17.0 Å². The molecule has 0 spiro atoms. The van der Waals surface area contributed by atoms with Crippen molar-refractivity contribution in [3.8, 4) is 0 Å². The topological polar surface area (TPSA) is 49.4 Å². The van der Waals surface area contributed by atoms with Gasteiger partial charge in [0.1, 0.15) is 5.82 Å². The van der Waals surface area contributed by atoms with Gasteiger partial charge in [0.2, 0.25) is 11.8 Å².